The molecule has 24 heavy (non-hydrogen) atoms. The maximum Gasteiger partial charge on any atom is 0.227 e. The Kier molecular flexibility index (Phi) is 4.54. The number of halogens is 1. The summed E-state index contributed by atoms with van der Waals surface area (Å²) in [5.74, 6) is 0.360. The highest BCUT2D eigenvalue weighted by Crippen LogP contribution is 2.43. The van der Waals surface area contributed by atoms with Gasteiger partial charge < -0.3 is 14.4 Å². The third kappa shape index (κ3) is 3.07. The average molecular weight is 350 g/mol. The van der Waals surface area contributed by atoms with Crippen molar-refractivity contribution < 1.29 is 14.3 Å². The Bertz CT molecular complexity index is 617. The summed E-state index contributed by atoms with van der Waals surface area (Å²) in [5, 5.41) is 0.691. The Hall–Kier alpha value is -1.10. The van der Waals surface area contributed by atoms with Crippen LogP contribution in [0.1, 0.15) is 56.4 Å². The standard InChI is InChI=1S/C19H24ClNO3/c20-16-13-15(4-5-17(16)21-10-2-1-3-18(21)22)14-6-8-19(9-7-14)23-11-12-24-19/h4-5,13-14H,1-3,6-12H2. The largest absolute Gasteiger partial charge is 0.348 e. The first-order valence-corrected chi connectivity index (χ1v) is 9.42. The molecule has 0 unspecified atom stereocenters. The number of carbonyl (C=O) groups excluding carboxylic acids is 1. The summed E-state index contributed by atoms with van der Waals surface area (Å²) in [6.45, 7) is 2.21. The fourth-order valence-corrected chi connectivity index (χ4v) is 4.52. The molecule has 3 fully saturated rings. The lowest BCUT2D eigenvalue weighted by atomic mass is 9.81. The number of benzene rings is 1. The van der Waals surface area contributed by atoms with Crippen molar-refractivity contribution in [3.63, 3.8) is 0 Å². The van der Waals surface area contributed by atoms with Crippen molar-refractivity contribution in [2.75, 3.05) is 24.7 Å². The molecule has 1 aromatic carbocycles. The minimum atomic E-state index is -0.319. The molecular weight excluding hydrogens is 326 g/mol. The second-order valence-electron chi connectivity index (χ2n) is 7.10. The summed E-state index contributed by atoms with van der Waals surface area (Å²) >= 11 is 6.52. The summed E-state index contributed by atoms with van der Waals surface area (Å²) in [4.78, 5) is 14.0. The Morgan fingerprint density at radius 3 is 2.54 bits per heavy atom. The zero-order valence-electron chi connectivity index (χ0n) is 13.9. The van der Waals surface area contributed by atoms with Gasteiger partial charge in [-0.2, -0.15) is 0 Å². The van der Waals surface area contributed by atoms with E-state index in [1.807, 2.05) is 11.0 Å². The summed E-state index contributed by atoms with van der Waals surface area (Å²) in [7, 11) is 0. The summed E-state index contributed by atoms with van der Waals surface area (Å²) < 4.78 is 11.6. The molecule has 1 spiro atoms. The van der Waals surface area contributed by atoms with E-state index in [2.05, 4.69) is 12.1 Å². The van der Waals surface area contributed by atoms with Crippen LogP contribution in [0.3, 0.4) is 0 Å². The Labute approximate surface area is 148 Å². The zero-order chi connectivity index (χ0) is 16.6. The second-order valence-corrected chi connectivity index (χ2v) is 7.50. The summed E-state index contributed by atoms with van der Waals surface area (Å²) in [6, 6.07) is 6.22. The predicted octanol–water partition coefficient (Wildman–Crippen LogP) is 4.26. The van der Waals surface area contributed by atoms with Crippen molar-refractivity contribution in [1.29, 1.82) is 0 Å². The van der Waals surface area contributed by atoms with Gasteiger partial charge in [0, 0.05) is 25.8 Å². The van der Waals surface area contributed by atoms with Crippen molar-refractivity contribution in [3.05, 3.63) is 28.8 Å². The molecule has 5 heteroatoms. The van der Waals surface area contributed by atoms with Crippen LogP contribution in [0, 0.1) is 0 Å². The van der Waals surface area contributed by atoms with Crippen LogP contribution in [0.2, 0.25) is 5.02 Å². The average Bonchev–Trinajstić information content (AvgIpc) is 3.04. The van der Waals surface area contributed by atoms with Gasteiger partial charge in [0.1, 0.15) is 0 Å². The normalized spacial score (nSPS) is 24.7. The van der Waals surface area contributed by atoms with Crippen LogP contribution >= 0.6 is 11.6 Å². The highest BCUT2D eigenvalue weighted by atomic mass is 35.5. The van der Waals surface area contributed by atoms with Crippen molar-refractivity contribution in [2.45, 2.75) is 56.7 Å². The maximum absolute atomic E-state index is 12.1. The van der Waals surface area contributed by atoms with Gasteiger partial charge in [0.05, 0.1) is 23.9 Å². The van der Waals surface area contributed by atoms with Crippen LogP contribution in [0.4, 0.5) is 5.69 Å². The lowest BCUT2D eigenvalue weighted by Gasteiger charge is -2.35. The van der Waals surface area contributed by atoms with Gasteiger partial charge >= 0.3 is 0 Å². The van der Waals surface area contributed by atoms with Crippen molar-refractivity contribution in [3.8, 4) is 0 Å². The number of piperidine rings is 1. The highest BCUT2D eigenvalue weighted by molar-refractivity contribution is 6.33. The van der Waals surface area contributed by atoms with Crippen LogP contribution in [0.15, 0.2) is 18.2 Å². The first kappa shape index (κ1) is 16.4. The first-order valence-electron chi connectivity index (χ1n) is 9.05. The summed E-state index contributed by atoms with van der Waals surface area (Å²) in [6.07, 6.45) is 6.66. The molecule has 0 atom stereocenters. The van der Waals surface area contributed by atoms with Gasteiger partial charge in [-0.05, 0) is 49.3 Å². The molecule has 0 bridgehead atoms. The SMILES string of the molecule is O=C1CCCCN1c1ccc(C2CCC3(CC2)OCCO3)cc1Cl. The van der Waals surface area contributed by atoms with Gasteiger partial charge in [-0.15, -0.1) is 0 Å². The Balaban J connectivity index is 1.47. The zero-order valence-corrected chi connectivity index (χ0v) is 14.7. The minimum Gasteiger partial charge on any atom is -0.348 e. The van der Waals surface area contributed by atoms with E-state index in [1.54, 1.807) is 0 Å². The molecule has 2 aliphatic heterocycles. The second kappa shape index (κ2) is 6.66. The number of carbonyl (C=O) groups is 1. The van der Waals surface area contributed by atoms with Gasteiger partial charge in [0.15, 0.2) is 5.79 Å². The summed E-state index contributed by atoms with van der Waals surface area (Å²) in [5.41, 5.74) is 2.13. The lowest BCUT2D eigenvalue weighted by Crippen LogP contribution is -2.35. The molecule has 0 aromatic heterocycles. The third-order valence-corrected chi connectivity index (χ3v) is 5.92. The number of hydrogen-bond acceptors (Lipinski definition) is 3. The van der Waals surface area contributed by atoms with Crippen LogP contribution in [-0.2, 0) is 14.3 Å². The number of amides is 1. The smallest absolute Gasteiger partial charge is 0.227 e. The Morgan fingerprint density at radius 1 is 1.12 bits per heavy atom. The molecule has 0 radical (unpaired) electrons. The predicted molar refractivity (Wildman–Crippen MR) is 93.5 cm³/mol. The highest BCUT2D eigenvalue weighted by Gasteiger charge is 2.40. The molecule has 1 aliphatic carbocycles. The van der Waals surface area contributed by atoms with E-state index < -0.39 is 0 Å². The maximum atomic E-state index is 12.1. The fraction of sp³-hybridized carbons (Fsp3) is 0.632. The van der Waals surface area contributed by atoms with Crippen LogP contribution < -0.4 is 4.90 Å². The quantitative estimate of drug-likeness (QED) is 0.800. The minimum absolute atomic E-state index is 0.186. The molecule has 1 saturated carbocycles. The van der Waals surface area contributed by atoms with E-state index in [0.29, 0.717) is 17.4 Å². The van der Waals surface area contributed by atoms with Gasteiger partial charge in [-0.3, -0.25) is 4.79 Å². The fourth-order valence-electron chi connectivity index (χ4n) is 4.23. The third-order valence-electron chi connectivity index (χ3n) is 5.62. The molecule has 0 N–H and O–H groups in total. The lowest BCUT2D eigenvalue weighted by molar-refractivity contribution is -0.178. The van der Waals surface area contributed by atoms with Crippen molar-refractivity contribution in [1.82, 2.24) is 0 Å². The van der Waals surface area contributed by atoms with Gasteiger partial charge in [0.25, 0.3) is 0 Å². The Morgan fingerprint density at radius 2 is 1.88 bits per heavy atom. The van der Waals surface area contributed by atoms with Crippen molar-refractivity contribution >= 4 is 23.2 Å². The van der Waals surface area contributed by atoms with E-state index in [1.165, 1.54) is 5.56 Å². The molecule has 130 valence electrons. The van der Waals surface area contributed by atoms with Crippen LogP contribution in [0.5, 0.6) is 0 Å². The monoisotopic (exact) mass is 349 g/mol. The van der Waals surface area contributed by atoms with Crippen LogP contribution in [0.25, 0.3) is 0 Å². The van der Waals surface area contributed by atoms with E-state index >= 15 is 0 Å². The number of anilines is 1. The molecule has 1 amide bonds. The first-order chi connectivity index (χ1) is 11.7. The molecule has 1 aromatic rings. The van der Waals surface area contributed by atoms with Gasteiger partial charge in [-0.25, -0.2) is 0 Å². The van der Waals surface area contributed by atoms with Gasteiger partial charge in [-0.1, -0.05) is 17.7 Å². The number of nitrogens with zero attached hydrogens (tertiary/aromatic N) is 1. The van der Waals surface area contributed by atoms with E-state index in [-0.39, 0.29) is 11.7 Å². The van der Waals surface area contributed by atoms with Crippen molar-refractivity contribution in [2.24, 2.45) is 0 Å². The molecule has 2 saturated heterocycles. The molecule has 4 nitrogen and oxygen atoms in total. The molecule has 3 aliphatic rings. The molecule has 2 heterocycles. The molecular formula is C19H24ClNO3. The number of rotatable bonds is 2. The number of hydrogen-bond donors (Lipinski definition) is 0. The topological polar surface area (TPSA) is 38.8 Å². The van der Waals surface area contributed by atoms with E-state index in [9.17, 15) is 4.79 Å². The number of ether oxygens (including phenoxy) is 2. The van der Waals surface area contributed by atoms with E-state index in [0.717, 1.165) is 64.0 Å². The molecule has 4 rings (SSSR count). The van der Waals surface area contributed by atoms with Gasteiger partial charge in [0.2, 0.25) is 5.91 Å². The van der Waals surface area contributed by atoms with Crippen LogP contribution in [-0.4, -0.2) is 31.5 Å². The van der Waals surface area contributed by atoms with E-state index in [4.69, 9.17) is 21.1 Å².